The van der Waals surface area contributed by atoms with Gasteiger partial charge in [-0.25, -0.2) is 0 Å². The molecule has 0 fully saturated rings. The molecule has 0 atom stereocenters. The van der Waals surface area contributed by atoms with E-state index in [1.54, 1.807) is 12.1 Å². The molecule has 1 N–H and O–H groups in total. The summed E-state index contributed by atoms with van der Waals surface area (Å²) in [5.41, 5.74) is 2.05. The van der Waals surface area contributed by atoms with Crippen LogP contribution in [0.1, 0.15) is 11.1 Å². The highest BCUT2D eigenvalue weighted by Crippen LogP contribution is 2.25. The Morgan fingerprint density at radius 3 is 2.40 bits per heavy atom. The van der Waals surface area contributed by atoms with Crippen molar-refractivity contribution in [1.82, 2.24) is 0 Å². The highest BCUT2D eigenvalue weighted by atomic mass is 19.4. The van der Waals surface area contributed by atoms with Crippen molar-refractivity contribution >= 4 is 17.7 Å². The molecule has 0 spiro atoms. The molecule has 25 heavy (non-hydrogen) atoms. The Bertz CT molecular complexity index is 768. The van der Waals surface area contributed by atoms with Crippen LogP contribution < -0.4 is 14.8 Å². The first-order valence-corrected chi connectivity index (χ1v) is 7.26. The number of halogens is 3. The molecule has 0 heterocycles. The fourth-order valence-corrected chi connectivity index (χ4v) is 2.05. The molecule has 1 amide bonds. The second kappa shape index (κ2) is 7.74. The van der Waals surface area contributed by atoms with Crippen LogP contribution in [0.25, 0.3) is 6.08 Å². The van der Waals surface area contributed by atoms with Crippen LogP contribution in [-0.4, -0.2) is 19.4 Å². The highest BCUT2D eigenvalue weighted by Gasteiger charge is 2.30. The summed E-state index contributed by atoms with van der Waals surface area (Å²) in [5.74, 6) is -0.181. The van der Waals surface area contributed by atoms with Crippen molar-refractivity contribution in [1.29, 1.82) is 0 Å². The molecule has 0 aliphatic rings. The predicted octanol–water partition coefficient (Wildman–Crippen LogP) is 4.55. The Morgan fingerprint density at radius 2 is 1.80 bits per heavy atom. The lowest BCUT2D eigenvalue weighted by atomic mass is 10.2. The zero-order chi connectivity index (χ0) is 18.4. The van der Waals surface area contributed by atoms with Crippen molar-refractivity contribution in [3.63, 3.8) is 0 Å². The summed E-state index contributed by atoms with van der Waals surface area (Å²) in [5, 5.41) is 2.69. The third-order valence-electron chi connectivity index (χ3n) is 3.15. The minimum atomic E-state index is -4.73. The van der Waals surface area contributed by atoms with Crippen molar-refractivity contribution in [3.8, 4) is 11.5 Å². The van der Waals surface area contributed by atoms with Crippen molar-refractivity contribution in [2.75, 3.05) is 12.4 Å². The fourth-order valence-electron chi connectivity index (χ4n) is 2.05. The van der Waals surface area contributed by atoms with E-state index in [0.717, 1.165) is 5.56 Å². The third kappa shape index (κ3) is 5.87. The van der Waals surface area contributed by atoms with Crippen molar-refractivity contribution < 1.29 is 27.4 Å². The summed E-state index contributed by atoms with van der Waals surface area (Å²) >= 11 is 0. The molecule has 0 unspecified atom stereocenters. The number of benzene rings is 2. The van der Waals surface area contributed by atoms with E-state index in [0.29, 0.717) is 17.0 Å². The van der Waals surface area contributed by atoms with Gasteiger partial charge in [-0.1, -0.05) is 18.2 Å². The van der Waals surface area contributed by atoms with Crippen LogP contribution in [0.3, 0.4) is 0 Å². The maximum absolute atomic E-state index is 12.1. The summed E-state index contributed by atoms with van der Waals surface area (Å²) in [6.07, 6.45) is -1.97. The Morgan fingerprint density at radius 1 is 1.12 bits per heavy atom. The molecule has 0 aliphatic heterocycles. The molecule has 0 radical (unpaired) electrons. The maximum atomic E-state index is 12.1. The van der Waals surface area contributed by atoms with Gasteiger partial charge in [-0.05, 0) is 48.4 Å². The van der Waals surface area contributed by atoms with Gasteiger partial charge in [0.1, 0.15) is 11.5 Å². The molecule has 0 saturated heterocycles. The van der Waals surface area contributed by atoms with E-state index in [2.05, 4.69) is 10.1 Å². The molecule has 2 aromatic rings. The largest absolute Gasteiger partial charge is 0.573 e. The molecular weight excluding hydrogens is 335 g/mol. The number of alkyl halides is 3. The standard InChI is InChI=1S/C18H16F3NO3/c1-12-3-9-16(24-2)15(11-12)22-17(23)10-6-13-4-7-14(8-5-13)25-18(19,20)21/h3-11H,1-2H3,(H,22,23)/b10-6+. The summed E-state index contributed by atoms with van der Waals surface area (Å²) in [7, 11) is 1.50. The first kappa shape index (κ1) is 18.4. The van der Waals surface area contributed by atoms with E-state index in [-0.39, 0.29) is 11.7 Å². The van der Waals surface area contributed by atoms with Crippen LogP contribution in [0, 0.1) is 6.92 Å². The number of rotatable bonds is 5. The Hall–Kier alpha value is -2.96. The first-order chi connectivity index (χ1) is 11.8. The minimum absolute atomic E-state index is 0.321. The Balaban J connectivity index is 2.02. The summed E-state index contributed by atoms with van der Waals surface area (Å²) in [6.45, 7) is 1.88. The average molecular weight is 351 g/mol. The first-order valence-electron chi connectivity index (χ1n) is 7.26. The minimum Gasteiger partial charge on any atom is -0.495 e. The van der Waals surface area contributed by atoms with Gasteiger partial charge in [0, 0.05) is 6.08 Å². The molecular formula is C18H16F3NO3. The summed E-state index contributed by atoms with van der Waals surface area (Å²) < 4.78 is 45.2. The van der Waals surface area contributed by atoms with E-state index >= 15 is 0 Å². The van der Waals surface area contributed by atoms with Gasteiger partial charge < -0.3 is 14.8 Å². The molecule has 0 aliphatic carbocycles. The van der Waals surface area contributed by atoms with Gasteiger partial charge in [0.15, 0.2) is 0 Å². The molecule has 2 aromatic carbocycles. The number of ether oxygens (including phenoxy) is 2. The number of methoxy groups -OCH3 is 1. The van der Waals surface area contributed by atoms with Crippen LogP contribution in [0.15, 0.2) is 48.5 Å². The molecule has 0 saturated carbocycles. The quantitative estimate of drug-likeness (QED) is 0.804. The molecule has 132 valence electrons. The van der Waals surface area contributed by atoms with Crippen LogP contribution >= 0.6 is 0 Å². The van der Waals surface area contributed by atoms with Crippen LogP contribution in [0.4, 0.5) is 18.9 Å². The normalized spacial score (nSPS) is 11.4. The number of anilines is 1. The molecule has 7 heteroatoms. The zero-order valence-electron chi connectivity index (χ0n) is 13.6. The lowest BCUT2D eigenvalue weighted by Gasteiger charge is -2.09. The monoisotopic (exact) mass is 351 g/mol. The van der Waals surface area contributed by atoms with E-state index in [4.69, 9.17) is 4.74 Å². The number of amides is 1. The van der Waals surface area contributed by atoms with Crippen LogP contribution in [0.2, 0.25) is 0 Å². The van der Waals surface area contributed by atoms with Gasteiger partial charge in [-0.2, -0.15) is 0 Å². The third-order valence-corrected chi connectivity index (χ3v) is 3.15. The molecule has 0 aromatic heterocycles. The van der Waals surface area contributed by atoms with Crippen LogP contribution in [-0.2, 0) is 4.79 Å². The molecule has 0 bridgehead atoms. The second-order valence-electron chi connectivity index (χ2n) is 5.14. The molecule has 2 rings (SSSR count). The van der Waals surface area contributed by atoms with Crippen molar-refractivity contribution in [2.24, 2.45) is 0 Å². The van der Waals surface area contributed by atoms with Gasteiger partial charge in [-0.15, -0.1) is 13.2 Å². The van der Waals surface area contributed by atoms with E-state index < -0.39 is 6.36 Å². The van der Waals surface area contributed by atoms with Crippen molar-refractivity contribution in [3.05, 3.63) is 59.7 Å². The lowest BCUT2D eigenvalue weighted by Crippen LogP contribution is -2.16. The fraction of sp³-hybridized carbons (Fsp3) is 0.167. The maximum Gasteiger partial charge on any atom is 0.573 e. The predicted molar refractivity (Wildman–Crippen MR) is 88.5 cm³/mol. The molecule has 4 nitrogen and oxygen atoms in total. The van der Waals surface area contributed by atoms with Gasteiger partial charge in [-0.3, -0.25) is 4.79 Å². The smallest absolute Gasteiger partial charge is 0.495 e. The Kier molecular flexibility index (Phi) is 5.69. The van der Waals surface area contributed by atoms with E-state index in [1.807, 2.05) is 13.0 Å². The van der Waals surface area contributed by atoms with Gasteiger partial charge in [0.2, 0.25) is 5.91 Å². The van der Waals surface area contributed by atoms with Gasteiger partial charge in [0.05, 0.1) is 12.8 Å². The second-order valence-corrected chi connectivity index (χ2v) is 5.14. The number of hydrogen-bond acceptors (Lipinski definition) is 3. The zero-order valence-corrected chi connectivity index (χ0v) is 13.6. The SMILES string of the molecule is COc1ccc(C)cc1NC(=O)/C=C/c1ccc(OC(F)(F)F)cc1. The number of hydrogen-bond donors (Lipinski definition) is 1. The number of carbonyl (C=O) groups is 1. The van der Waals surface area contributed by atoms with Gasteiger partial charge in [0.25, 0.3) is 0 Å². The lowest BCUT2D eigenvalue weighted by molar-refractivity contribution is -0.274. The van der Waals surface area contributed by atoms with E-state index in [9.17, 15) is 18.0 Å². The summed E-state index contributed by atoms with van der Waals surface area (Å²) in [6, 6.07) is 10.6. The van der Waals surface area contributed by atoms with Gasteiger partial charge >= 0.3 is 6.36 Å². The van der Waals surface area contributed by atoms with Crippen molar-refractivity contribution in [2.45, 2.75) is 13.3 Å². The summed E-state index contributed by atoms with van der Waals surface area (Å²) in [4.78, 5) is 12.0. The average Bonchev–Trinajstić information content (AvgIpc) is 2.53. The van der Waals surface area contributed by atoms with E-state index in [1.165, 1.54) is 43.5 Å². The topological polar surface area (TPSA) is 47.6 Å². The number of aryl methyl sites for hydroxylation is 1. The van der Waals surface area contributed by atoms with Crippen LogP contribution in [0.5, 0.6) is 11.5 Å². The Labute approximate surface area is 142 Å². The highest BCUT2D eigenvalue weighted by molar-refractivity contribution is 6.02. The number of nitrogens with one attached hydrogen (secondary N) is 1. The number of carbonyl (C=O) groups excluding carboxylic acids is 1.